The summed E-state index contributed by atoms with van der Waals surface area (Å²) in [4.78, 5) is 14.7. The van der Waals surface area contributed by atoms with Crippen LogP contribution in [0.4, 0.5) is 0 Å². The Morgan fingerprint density at radius 1 is 1.17 bits per heavy atom. The Morgan fingerprint density at radius 3 is 2.72 bits per heavy atom. The highest BCUT2D eigenvalue weighted by atomic mass is 16.7. The normalized spacial score (nSPS) is 22.0. The van der Waals surface area contributed by atoms with Crippen LogP contribution in [0.15, 0.2) is 60.9 Å². The second kappa shape index (κ2) is 10.7. The molecule has 1 saturated heterocycles. The number of carboxylic acid groups (broad SMARTS) is 1. The number of aromatic nitrogens is 1. The molecule has 29 heavy (non-hydrogen) atoms. The Hall–Kier alpha value is -2.70. The summed E-state index contributed by atoms with van der Waals surface area (Å²) in [5.41, 5.74) is 1.93. The lowest BCUT2D eigenvalue weighted by Crippen LogP contribution is -2.35. The molecular formula is C23H27NO5. The molecule has 1 aromatic carbocycles. The summed E-state index contributed by atoms with van der Waals surface area (Å²) < 4.78 is 12.2. The van der Waals surface area contributed by atoms with Crippen molar-refractivity contribution in [1.29, 1.82) is 0 Å². The maximum absolute atomic E-state index is 10.6. The molecule has 2 aromatic rings. The van der Waals surface area contributed by atoms with Crippen molar-refractivity contribution >= 4 is 5.97 Å². The van der Waals surface area contributed by atoms with Gasteiger partial charge in [-0.25, -0.2) is 0 Å². The average molecular weight is 397 g/mol. The lowest BCUT2D eigenvalue weighted by molar-refractivity contribution is -0.240. The number of para-hydroxylation sites is 1. The van der Waals surface area contributed by atoms with Crippen LogP contribution in [0.25, 0.3) is 0 Å². The fourth-order valence-corrected chi connectivity index (χ4v) is 3.46. The van der Waals surface area contributed by atoms with E-state index >= 15 is 0 Å². The molecule has 1 fully saturated rings. The van der Waals surface area contributed by atoms with Gasteiger partial charge in [-0.05, 0) is 43.0 Å². The van der Waals surface area contributed by atoms with Crippen molar-refractivity contribution in [2.75, 3.05) is 6.61 Å². The summed E-state index contributed by atoms with van der Waals surface area (Å²) in [7, 11) is 0. The maximum Gasteiger partial charge on any atom is 0.303 e. The first-order valence-electron chi connectivity index (χ1n) is 9.94. The first kappa shape index (κ1) is 21.0. The van der Waals surface area contributed by atoms with Gasteiger partial charge in [0.25, 0.3) is 0 Å². The highest BCUT2D eigenvalue weighted by molar-refractivity contribution is 5.66. The van der Waals surface area contributed by atoms with Crippen LogP contribution in [0, 0.1) is 5.92 Å². The number of hydrogen-bond acceptors (Lipinski definition) is 5. The van der Waals surface area contributed by atoms with E-state index in [9.17, 15) is 9.90 Å². The number of pyridine rings is 1. The van der Waals surface area contributed by atoms with Crippen LogP contribution in [0.1, 0.15) is 42.9 Å². The molecule has 3 unspecified atom stereocenters. The van der Waals surface area contributed by atoms with Gasteiger partial charge in [-0.15, -0.1) is 0 Å². The topological polar surface area (TPSA) is 88.9 Å². The van der Waals surface area contributed by atoms with E-state index in [1.165, 1.54) is 5.56 Å². The van der Waals surface area contributed by atoms with Crippen molar-refractivity contribution in [2.45, 2.75) is 44.5 Å². The molecule has 6 nitrogen and oxygen atoms in total. The smallest absolute Gasteiger partial charge is 0.303 e. The third-order valence-corrected chi connectivity index (χ3v) is 5.01. The summed E-state index contributed by atoms with van der Waals surface area (Å²) in [5.74, 6) is -0.545. The van der Waals surface area contributed by atoms with Gasteiger partial charge in [0.1, 0.15) is 5.75 Å². The quantitative estimate of drug-likeness (QED) is 0.615. The standard InChI is InChI=1S/C23H27NO5/c25-20-8-5-4-7-19(20)23-18(6-2-1-3-9-21(26)27)16-28-22(29-23)11-10-17-12-14-24-15-13-17/h1-2,4-5,7-8,12-15,18,22-23,25H,3,6,9-11,16H2,(H,26,27)/b2-1-. The number of carboxylic acids is 1. The summed E-state index contributed by atoms with van der Waals surface area (Å²) in [5, 5.41) is 19.1. The number of aliphatic carboxylic acids is 1. The summed E-state index contributed by atoms with van der Waals surface area (Å²) in [6.07, 6.45) is 9.62. The van der Waals surface area contributed by atoms with Crippen LogP contribution in [0.2, 0.25) is 0 Å². The molecule has 2 N–H and O–H groups in total. The summed E-state index contributed by atoms with van der Waals surface area (Å²) in [6.45, 7) is 0.517. The van der Waals surface area contributed by atoms with E-state index < -0.39 is 5.97 Å². The van der Waals surface area contributed by atoms with E-state index in [1.807, 2.05) is 36.4 Å². The van der Waals surface area contributed by atoms with Gasteiger partial charge in [-0.1, -0.05) is 30.4 Å². The van der Waals surface area contributed by atoms with Gasteiger partial charge >= 0.3 is 5.97 Å². The highest BCUT2D eigenvalue weighted by Gasteiger charge is 2.33. The van der Waals surface area contributed by atoms with Crippen LogP contribution in [0.5, 0.6) is 5.75 Å². The van der Waals surface area contributed by atoms with Gasteiger partial charge in [0.15, 0.2) is 6.29 Å². The zero-order valence-electron chi connectivity index (χ0n) is 16.3. The number of carbonyl (C=O) groups is 1. The molecule has 1 aromatic heterocycles. The number of benzene rings is 1. The molecule has 3 atom stereocenters. The van der Waals surface area contributed by atoms with Crippen molar-refractivity contribution in [2.24, 2.45) is 5.92 Å². The predicted molar refractivity (Wildman–Crippen MR) is 108 cm³/mol. The number of ether oxygens (including phenoxy) is 2. The molecule has 2 heterocycles. The fraction of sp³-hybridized carbons (Fsp3) is 0.391. The lowest BCUT2D eigenvalue weighted by Gasteiger charge is -2.37. The molecule has 1 aliphatic rings. The first-order chi connectivity index (χ1) is 14.1. The molecule has 0 spiro atoms. The monoisotopic (exact) mass is 397 g/mol. The molecule has 0 radical (unpaired) electrons. The minimum Gasteiger partial charge on any atom is -0.508 e. The number of aryl methyl sites for hydroxylation is 1. The lowest BCUT2D eigenvalue weighted by atomic mass is 9.91. The molecular weight excluding hydrogens is 370 g/mol. The van der Waals surface area contributed by atoms with Gasteiger partial charge in [0, 0.05) is 36.7 Å². The van der Waals surface area contributed by atoms with Crippen LogP contribution < -0.4 is 0 Å². The van der Waals surface area contributed by atoms with Gasteiger partial charge < -0.3 is 19.7 Å². The zero-order valence-corrected chi connectivity index (χ0v) is 16.3. The maximum atomic E-state index is 10.6. The summed E-state index contributed by atoms with van der Waals surface area (Å²) in [6, 6.07) is 11.2. The van der Waals surface area contributed by atoms with E-state index in [2.05, 4.69) is 4.98 Å². The number of nitrogens with zero attached hydrogens (tertiary/aromatic N) is 1. The largest absolute Gasteiger partial charge is 0.508 e. The molecule has 154 valence electrons. The van der Waals surface area contributed by atoms with Crippen LogP contribution in [-0.4, -0.2) is 34.1 Å². The van der Waals surface area contributed by atoms with Crippen LogP contribution in [-0.2, 0) is 20.7 Å². The van der Waals surface area contributed by atoms with Crippen LogP contribution in [0.3, 0.4) is 0 Å². The van der Waals surface area contributed by atoms with Gasteiger partial charge in [0.2, 0.25) is 0 Å². The minimum atomic E-state index is -0.803. The predicted octanol–water partition coefficient (Wildman–Crippen LogP) is 4.26. The molecule has 0 amide bonds. The fourth-order valence-electron chi connectivity index (χ4n) is 3.46. The van der Waals surface area contributed by atoms with Crippen LogP contribution >= 0.6 is 0 Å². The Morgan fingerprint density at radius 2 is 1.97 bits per heavy atom. The average Bonchev–Trinajstić information content (AvgIpc) is 2.73. The Bertz CT molecular complexity index is 808. The van der Waals surface area contributed by atoms with Crippen molar-refractivity contribution in [3.63, 3.8) is 0 Å². The van der Waals surface area contributed by atoms with Crippen molar-refractivity contribution in [1.82, 2.24) is 4.98 Å². The Labute approximate surface area is 170 Å². The van der Waals surface area contributed by atoms with E-state index in [-0.39, 0.29) is 30.5 Å². The minimum absolute atomic E-state index is 0.0431. The second-order valence-electron chi connectivity index (χ2n) is 7.17. The molecule has 0 saturated carbocycles. The third kappa shape index (κ3) is 6.41. The van der Waals surface area contributed by atoms with Gasteiger partial charge in [0.05, 0.1) is 12.7 Å². The zero-order chi connectivity index (χ0) is 20.5. The SMILES string of the molecule is O=C(O)CC/C=C\CC1COC(CCc2ccncc2)OC1c1ccccc1O. The molecule has 0 aliphatic carbocycles. The highest BCUT2D eigenvalue weighted by Crippen LogP contribution is 2.39. The van der Waals surface area contributed by atoms with Gasteiger partial charge in [-0.3, -0.25) is 9.78 Å². The Balaban J connectivity index is 1.64. The third-order valence-electron chi connectivity index (χ3n) is 5.01. The molecule has 1 aliphatic heterocycles. The molecule has 6 heteroatoms. The van der Waals surface area contributed by atoms with Crippen molar-refractivity contribution in [3.05, 3.63) is 72.1 Å². The van der Waals surface area contributed by atoms with Gasteiger partial charge in [-0.2, -0.15) is 0 Å². The van der Waals surface area contributed by atoms with E-state index in [0.717, 1.165) is 18.4 Å². The van der Waals surface area contributed by atoms with E-state index in [1.54, 1.807) is 24.5 Å². The number of hydrogen-bond donors (Lipinski definition) is 2. The number of phenols is 1. The molecule has 0 bridgehead atoms. The first-order valence-corrected chi connectivity index (χ1v) is 9.94. The van der Waals surface area contributed by atoms with E-state index in [4.69, 9.17) is 14.6 Å². The number of phenolic OH excluding ortho intramolecular Hbond substituents is 1. The van der Waals surface area contributed by atoms with Crippen molar-refractivity contribution < 1.29 is 24.5 Å². The molecule has 3 rings (SSSR count). The van der Waals surface area contributed by atoms with Crippen molar-refractivity contribution in [3.8, 4) is 5.75 Å². The summed E-state index contributed by atoms with van der Waals surface area (Å²) >= 11 is 0. The number of rotatable bonds is 9. The number of allylic oxidation sites excluding steroid dienone is 2. The number of aromatic hydroxyl groups is 1. The Kier molecular flexibility index (Phi) is 7.78. The second-order valence-corrected chi connectivity index (χ2v) is 7.17. The van der Waals surface area contributed by atoms with E-state index in [0.29, 0.717) is 19.4 Å².